The molecule has 6 heteroatoms. The third-order valence-electron chi connectivity index (χ3n) is 3.17. The first-order valence-corrected chi connectivity index (χ1v) is 6.88. The first-order valence-electron chi connectivity index (χ1n) is 6.51. The maximum atomic E-state index is 12.2. The molecule has 5 nitrogen and oxygen atoms in total. The van der Waals surface area contributed by atoms with E-state index in [1.807, 2.05) is 38.1 Å². The summed E-state index contributed by atoms with van der Waals surface area (Å²) >= 11 is 5.96. The lowest BCUT2D eigenvalue weighted by atomic mass is 10.1. The Morgan fingerprint density at radius 3 is 2.57 bits per heavy atom. The molecule has 0 aliphatic carbocycles. The lowest BCUT2D eigenvalue weighted by Gasteiger charge is -2.15. The second-order valence-electron chi connectivity index (χ2n) is 4.80. The van der Waals surface area contributed by atoms with Crippen molar-refractivity contribution >= 4 is 23.3 Å². The predicted octanol–water partition coefficient (Wildman–Crippen LogP) is 2.82. The molecule has 110 valence electrons. The zero-order valence-electron chi connectivity index (χ0n) is 11.9. The molecule has 0 fully saturated rings. The molecule has 2 rings (SSSR count). The fourth-order valence-electron chi connectivity index (χ4n) is 1.89. The van der Waals surface area contributed by atoms with Crippen molar-refractivity contribution in [3.8, 4) is 0 Å². The number of anilines is 1. The van der Waals surface area contributed by atoms with Gasteiger partial charge in [-0.15, -0.1) is 0 Å². The molecule has 0 aliphatic heterocycles. The van der Waals surface area contributed by atoms with Crippen LogP contribution < -0.4 is 16.6 Å². The second-order valence-corrected chi connectivity index (χ2v) is 5.21. The van der Waals surface area contributed by atoms with Crippen molar-refractivity contribution in [1.29, 1.82) is 0 Å². The number of nitrogens with zero attached hydrogens (tertiary/aromatic N) is 1. The van der Waals surface area contributed by atoms with E-state index in [-0.39, 0.29) is 11.9 Å². The number of pyridine rings is 1. The minimum Gasteiger partial charge on any atom is -0.345 e. The van der Waals surface area contributed by atoms with E-state index >= 15 is 0 Å². The van der Waals surface area contributed by atoms with Crippen LogP contribution in [0.2, 0.25) is 5.02 Å². The quantitative estimate of drug-likeness (QED) is 0.599. The molecule has 0 spiro atoms. The highest BCUT2D eigenvalue weighted by Crippen LogP contribution is 2.20. The minimum atomic E-state index is -0.235. The number of hydrazine groups is 1. The first-order chi connectivity index (χ1) is 10.0. The lowest BCUT2D eigenvalue weighted by Crippen LogP contribution is -2.26. The molecule has 0 bridgehead atoms. The Morgan fingerprint density at radius 1 is 1.33 bits per heavy atom. The van der Waals surface area contributed by atoms with Crippen molar-refractivity contribution in [2.45, 2.75) is 19.9 Å². The Balaban J connectivity index is 2.10. The molecule has 1 atom stereocenters. The summed E-state index contributed by atoms with van der Waals surface area (Å²) in [5, 5.41) is 3.21. The number of aromatic nitrogens is 1. The highest BCUT2D eigenvalue weighted by molar-refractivity contribution is 6.33. The van der Waals surface area contributed by atoms with E-state index in [0.29, 0.717) is 16.4 Å². The van der Waals surface area contributed by atoms with Gasteiger partial charge in [-0.05, 0) is 25.5 Å². The van der Waals surface area contributed by atoms with Gasteiger partial charge in [0.1, 0.15) is 0 Å². The average Bonchev–Trinajstić information content (AvgIpc) is 2.47. The van der Waals surface area contributed by atoms with Crippen LogP contribution in [0.3, 0.4) is 0 Å². The fourth-order valence-corrected chi connectivity index (χ4v) is 2.11. The number of nitrogen functional groups attached to an aromatic ring is 1. The third kappa shape index (κ3) is 3.71. The average molecular weight is 305 g/mol. The number of nitrogens with one attached hydrogen (secondary N) is 2. The Morgan fingerprint density at radius 2 is 2.00 bits per heavy atom. The number of carbonyl (C=O) groups excluding carboxylic acids is 1. The van der Waals surface area contributed by atoms with Crippen LogP contribution in [0.15, 0.2) is 36.5 Å². The van der Waals surface area contributed by atoms with Crippen molar-refractivity contribution in [1.82, 2.24) is 10.3 Å². The summed E-state index contributed by atoms with van der Waals surface area (Å²) in [5.41, 5.74) is 4.96. The molecular formula is C15H17ClN4O. The first kappa shape index (κ1) is 15.3. The monoisotopic (exact) mass is 304 g/mol. The summed E-state index contributed by atoms with van der Waals surface area (Å²) in [5.74, 6) is 5.35. The number of hydrogen-bond acceptors (Lipinski definition) is 4. The van der Waals surface area contributed by atoms with Crippen molar-refractivity contribution in [3.05, 3.63) is 58.2 Å². The summed E-state index contributed by atoms with van der Waals surface area (Å²) in [4.78, 5) is 16.2. The second kappa shape index (κ2) is 6.56. The Hall–Kier alpha value is -2.11. The molecule has 0 saturated carbocycles. The highest BCUT2D eigenvalue weighted by Gasteiger charge is 2.13. The molecule has 1 aromatic heterocycles. The van der Waals surface area contributed by atoms with Gasteiger partial charge in [0, 0.05) is 6.20 Å². The van der Waals surface area contributed by atoms with E-state index in [0.717, 1.165) is 5.56 Å². The van der Waals surface area contributed by atoms with E-state index < -0.39 is 0 Å². The normalized spacial score (nSPS) is 11.8. The van der Waals surface area contributed by atoms with Gasteiger partial charge in [0.25, 0.3) is 5.91 Å². The van der Waals surface area contributed by atoms with Crippen LogP contribution in [-0.4, -0.2) is 10.9 Å². The van der Waals surface area contributed by atoms with Gasteiger partial charge in [-0.25, -0.2) is 10.8 Å². The molecule has 1 unspecified atom stereocenters. The van der Waals surface area contributed by atoms with Crippen LogP contribution in [0.1, 0.15) is 34.5 Å². The van der Waals surface area contributed by atoms with E-state index in [1.165, 1.54) is 17.8 Å². The zero-order valence-corrected chi connectivity index (χ0v) is 12.6. The summed E-state index contributed by atoms with van der Waals surface area (Å²) in [6.45, 7) is 3.95. The molecule has 0 aliphatic rings. The van der Waals surface area contributed by atoms with Crippen molar-refractivity contribution in [2.24, 2.45) is 5.84 Å². The van der Waals surface area contributed by atoms with Crippen LogP contribution in [0, 0.1) is 6.92 Å². The van der Waals surface area contributed by atoms with E-state index in [9.17, 15) is 4.79 Å². The summed E-state index contributed by atoms with van der Waals surface area (Å²) < 4.78 is 0. The molecule has 0 radical (unpaired) electrons. The molecule has 4 N–H and O–H groups in total. The van der Waals surface area contributed by atoms with Gasteiger partial charge >= 0.3 is 0 Å². The van der Waals surface area contributed by atoms with Crippen LogP contribution in [0.5, 0.6) is 0 Å². The Bertz CT molecular complexity index is 643. The van der Waals surface area contributed by atoms with Crippen molar-refractivity contribution in [2.75, 3.05) is 5.43 Å². The van der Waals surface area contributed by atoms with Gasteiger partial charge in [0.05, 0.1) is 16.6 Å². The number of benzene rings is 1. The van der Waals surface area contributed by atoms with Crippen LogP contribution >= 0.6 is 11.6 Å². The van der Waals surface area contributed by atoms with E-state index in [4.69, 9.17) is 17.4 Å². The molecule has 2 aromatic rings. The van der Waals surface area contributed by atoms with Crippen LogP contribution in [0.4, 0.5) is 5.82 Å². The molecule has 1 aromatic carbocycles. The van der Waals surface area contributed by atoms with Crippen molar-refractivity contribution in [3.63, 3.8) is 0 Å². The molecule has 1 heterocycles. The van der Waals surface area contributed by atoms with E-state index in [1.54, 1.807) is 0 Å². The zero-order chi connectivity index (χ0) is 15.4. The number of rotatable bonds is 4. The van der Waals surface area contributed by atoms with Crippen LogP contribution in [0.25, 0.3) is 0 Å². The highest BCUT2D eigenvalue weighted by atomic mass is 35.5. The topological polar surface area (TPSA) is 80.0 Å². The molecule has 1 amide bonds. The number of halogens is 1. The van der Waals surface area contributed by atoms with Gasteiger partial charge in [-0.2, -0.15) is 0 Å². The number of carbonyl (C=O) groups is 1. The summed E-state index contributed by atoms with van der Waals surface area (Å²) in [7, 11) is 0. The molecule has 0 saturated heterocycles. The number of nitrogens with two attached hydrogens (primary N) is 1. The maximum Gasteiger partial charge on any atom is 0.253 e. The van der Waals surface area contributed by atoms with Gasteiger partial charge < -0.3 is 10.7 Å². The lowest BCUT2D eigenvalue weighted by molar-refractivity contribution is 0.0939. The number of aryl methyl sites for hydroxylation is 1. The third-order valence-corrected chi connectivity index (χ3v) is 3.45. The smallest absolute Gasteiger partial charge is 0.253 e. The minimum absolute atomic E-state index is 0.107. The largest absolute Gasteiger partial charge is 0.345 e. The van der Waals surface area contributed by atoms with Gasteiger partial charge in [-0.1, -0.05) is 41.4 Å². The Kier molecular flexibility index (Phi) is 4.77. The SMILES string of the molecule is Cc1ccc(C(C)NC(=O)c2cnc(NN)c(Cl)c2)cc1. The van der Waals surface area contributed by atoms with Gasteiger partial charge in [-0.3, -0.25) is 4.79 Å². The number of amides is 1. The maximum absolute atomic E-state index is 12.2. The molecule has 21 heavy (non-hydrogen) atoms. The van der Waals surface area contributed by atoms with Crippen molar-refractivity contribution < 1.29 is 4.79 Å². The summed E-state index contributed by atoms with van der Waals surface area (Å²) in [6.07, 6.45) is 1.43. The Labute approximate surface area is 128 Å². The van der Waals surface area contributed by atoms with E-state index in [2.05, 4.69) is 15.7 Å². The predicted molar refractivity (Wildman–Crippen MR) is 84.1 cm³/mol. The number of hydrogen-bond donors (Lipinski definition) is 3. The standard InChI is InChI=1S/C15H17ClN4O/c1-9-3-5-11(6-4-9)10(2)19-15(21)12-7-13(16)14(20-17)18-8-12/h3-8,10H,17H2,1-2H3,(H,18,20)(H,19,21). The summed E-state index contributed by atoms with van der Waals surface area (Å²) in [6, 6.07) is 9.43. The van der Waals surface area contributed by atoms with Gasteiger partial charge in [0.15, 0.2) is 5.82 Å². The fraction of sp³-hybridized carbons (Fsp3) is 0.200. The van der Waals surface area contributed by atoms with Gasteiger partial charge in [0.2, 0.25) is 0 Å². The van der Waals surface area contributed by atoms with Crippen LogP contribution in [-0.2, 0) is 0 Å². The molecular weight excluding hydrogens is 288 g/mol.